The predicted molar refractivity (Wildman–Crippen MR) is 82.8 cm³/mol. The molecule has 0 saturated carbocycles. The fourth-order valence-corrected chi connectivity index (χ4v) is 1.96. The number of hydrogen-bond acceptors (Lipinski definition) is 4. The van der Waals surface area contributed by atoms with Crippen LogP contribution in [-0.2, 0) is 16.4 Å². The average molecular weight is 299 g/mol. The molecule has 0 amide bonds. The summed E-state index contributed by atoms with van der Waals surface area (Å²) in [5, 5.41) is 3.19. The van der Waals surface area contributed by atoms with Gasteiger partial charge in [-0.25, -0.2) is 8.42 Å². The standard InChI is InChI=1S/C15H25NO3S/c1-12(2)19-14-8-6-13(7-9-14)10-16-11-15(3,4)20(5,17)18/h6-9,12,16H,10-11H2,1-5H3. The van der Waals surface area contributed by atoms with Crippen molar-refractivity contribution in [2.24, 2.45) is 0 Å². The van der Waals surface area contributed by atoms with Crippen LogP contribution in [-0.4, -0.2) is 32.1 Å². The Labute approximate surface area is 122 Å². The van der Waals surface area contributed by atoms with Crippen molar-refractivity contribution in [1.82, 2.24) is 5.32 Å². The Balaban J connectivity index is 2.51. The topological polar surface area (TPSA) is 55.4 Å². The van der Waals surface area contributed by atoms with Crippen LogP contribution in [0.3, 0.4) is 0 Å². The summed E-state index contributed by atoms with van der Waals surface area (Å²) in [4.78, 5) is 0. The summed E-state index contributed by atoms with van der Waals surface area (Å²) in [5.74, 6) is 0.847. The van der Waals surface area contributed by atoms with Crippen LogP contribution in [0.4, 0.5) is 0 Å². The van der Waals surface area contributed by atoms with Crippen LogP contribution >= 0.6 is 0 Å². The highest BCUT2D eigenvalue weighted by Gasteiger charge is 2.29. The lowest BCUT2D eigenvalue weighted by atomic mass is 10.2. The molecule has 0 saturated heterocycles. The summed E-state index contributed by atoms with van der Waals surface area (Å²) in [5.41, 5.74) is 1.10. The first-order chi connectivity index (χ1) is 9.12. The summed E-state index contributed by atoms with van der Waals surface area (Å²) in [6.45, 7) is 8.51. The molecule has 0 bridgehead atoms. The lowest BCUT2D eigenvalue weighted by molar-refractivity contribution is 0.242. The monoisotopic (exact) mass is 299 g/mol. The molecule has 0 fully saturated rings. The van der Waals surface area contributed by atoms with Crippen molar-refractivity contribution in [2.45, 2.75) is 45.1 Å². The number of hydrogen-bond donors (Lipinski definition) is 1. The number of rotatable bonds is 7. The fraction of sp³-hybridized carbons (Fsp3) is 0.600. The van der Waals surface area contributed by atoms with Crippen LogP contribution in [0.15, 0.2) is 24.3 Å². The molecule has 0 aliphatic carbocycles. The zero-order valence-electron chi connectivity index (χ0n) is 12.9. The molecule has 1 aromatic carbocycles. The Kier molecular flexibility index (Phi) is 5.59. The van der Waals surface area contributed by atoms with Crippen LogP contribution in [0.25, 0.3) is 0 Å². The third-order valence-corrected chi connectivity index (χ3v) is 5.33. The largest absolute Gasteiger partial charge is 0.491 e. The molecule has 5 heteroatoms. The fourth-order valence-electron chi connectivity index (χ4n) is 1.60. The molecule has 1 aromatic rings. The first-order valence-electron chi connectivity index (χ1n) is 6.78. The summed E-state index contributed by atoms with van der Waals surface area (Å²) < 4.78 is 28.0. The zero-order valence-corrected chi connectivity index (χ0v) is 13.8. The van der Waals surface area contributed by atoms with E-state index in [1.807, 2.05) is 38.1 Å². The van der Waals surface area contributed by atoms with Crippen LogP contribution in [0.2, 0.25) is 0 Å². The molecule has 0 aliphatic heterocycles. The van der Waals surface area contributed by atoms with Crippen LogP contribution < -0.4 is 10.1 Å². The molecule has 0 spiro atoms. The molecule has 0 atom stereocenters. The van der Waals surface area contributed by atoms with Crippen LogP contribution in [0.1, 0.15) is 33.3 Å². The Bertz CT molecular complexity index is 519. The maximum absolute atomic E-state index is 11.6. The maximum Gasteiger partial charge on any atom is 0.153 e. The second-order valence-electron chi connectivity index (χ2n) is 5.95. The summed E-state index contributed by atoms with van der Waals surface area (Å²) >= 11 is 0. The van der Waals surface area contributed by atoms with E-state index < -0.39 is 14.6 Å². The zero-order chi connectivity index (χ0) is 15.4. The van der Waals surface area contributed by atoms with Crippen molar-refractivity contribution in [3.8, 4) is 5.75 Å². The van der Waals surface area contributed by atoms with E-state index in [-0.39, 0.29) is 6.10 Å². The Morgan fingerprint density at radius 2 is 1.75 bits per heavy atom. The average Bonchev–Trinajstić information content (AvgIpc) is 2.29. The van der Waals surface area contributed by atoms with Gasteiger partial charge in [-0.05, 0) is 45.4 Å². The second kappa shape index (κ2) is 6.59. The highest BCUT2D eigenvalue weighted by Crippen LogP contribution is 2.15. The van der Waals surface area contributed by atoms with Gasteiger partial charge in [-0.1, -0.05) is 12.1 Å². The van der Waals surface area contributed by atoms with E-state index in [1.165, 1.54) is 6.26 Å². The van der Waals surface area contributed by atoms with Gasteiger partial charge >= 0.3 is 0 Å². The Hall–Kier alpha value is -1.07. The lowest BCUT2D eigenvalue weighted by Gasteiger charge is -2.22. The van der Waals surface area contributed by atoms with E-state index in [0.29, 0.717) is 13.1 Å². The van der Waals surface area contributed by atoms with E-state index in [1.54, 1.807) is 13.8 Å². The van der Waals surface area contributed by atoms with Crippen molar-refractivity contribution in [3.63, 3.8) is 0 Å². The van der Waals surface area contributed by atoms with Crippen molar-refractivity contribution >= 4 is 9.84 Å². The Morgan fingerprint density at radius 3 is 2.20 bits per heavy atom. The van der Waals surface area contributed by atoms with Gasteiger partial charge in [-0.2, -0.15) is 0 Å². The van der Waals surface area contributed by atoms with E-state index in [0.717, 1.165) is 11.3 Å². The SMILES string of the molecule is CC(C)Oc1ccc(CNCC(C)(C)S(C)(=O)=O)cc1. The molecule has 0 radical (unpaired) electrons. The number of benzene rings is 1. The van der Waals surface area contributed by atoms with Gasteiger partial charge in [0.05, 0.1) is 10.9 Å². The quantitative estimate of drug-likeness (QED) is 0.840. The molecule has 20 heavy (non-hydrogen) atoms. The molecule has 4 nitrogen and oxygen atoms in total. The minimum atomic E-state index is -3.06. The van der Waals surface area contributed by atoms with Gasteiger partial charge in [0.15, 0.2) is 9.84 Å². The third-order valence-electron chi connectivity index (χ3n) is 3.18. The van der Waals surface area contributed by atoms with Crippen LogP contribution in [0, 0.1) is 0 Å². The molecule has 0 unspecified atom stereocenters. The van der Waals surface area contributed by atoms with Gasteiger partial charge in [0.1, 0.15) is 5.75 Å². The van der Waals surface area contributed by atoms with E-state index in [2.05, 4.69) is 5.32 Å². The lowest BCUT2D eigenvalue weighted by Crippen LogP contribution is -2.41. The molecule has 114 valence electrons. The number of nitrogens with one attached hydrogen (secondary N) is 1. The summed E-state index contributed by atoms with van der Waals surface area (Å²) in [6.07, 6.45) is 1.43. The van der Waals surface area contributed by atoms with Crippen molar-refractivity contribution < 1.29 is 13.2 Å². The summed E-state index contributed by atoms with van der Waals surface area (Å²) in [7, 11) is -3.06. The molecule has 0 aromatic heterocycles. The van der Waals surface area contributed by atoms with Gasteiger partial charge in [0.2, 0.25) is 0 Å². The number of ether oxygens (including phenoxy) is 1. The predicted octanol–water partition coefficient (Wildman–Crippen LogP) is 2.39. The highest BCUT2D eigenvalue weighted by molar-refractivity contribution is 7.92. The maximum atomic E-state index is 11.6. The van der Waals surface area contributed by atoms with Gasteiger partial charge in [0.25, 0.3) is 0 Å². The molecular formula is C15H25NO3S. The molecule has 1 N–H and O–H groups in total. The third kappa shape index (κ3) is 5.13. The van der Waals surface area contributed by atoms with Gasteiger partial charge in [0, 0.05) is 19.3 Å². The van der Waals surface area contributed by atoms with E-state index in [9.17, 15) is 8.42 Å². The first-order valence-corrected chi connectivity index (χ1v) is 8.67. The minimum absolute atomic E-state index is 0.162. The van der Waals surface area contributed by atoms with Crippen molar-refractivity contribution in [3.05, 3.63) is 29.8 Å². The van der Waals surface area contributed by atoms with Gasteiger partial charge in [-0.3, -0.25) is 0 Å². The van der Waals surface area contributed by atoms with Crippen LogP contribution in [0.5, 0.6) is 5.75 Å². The first kappa shape index (κ1) is 17.0. The van der Waals surface area contributed by atoms with Gasteiger partial charge < -0.3 is 10.1 Å². The molecule has 0 aliphatic rings. The minimum Gasteiger partial charge on any atom is -0.491 e. The second-order valence-corrected chi connectivity index (χ2v) is 8.60. The van der Waals surface area contributed by atoms with E-state index in [4.69, 9.17) is 4.74 Å². The number of sulfone groups is 1. The van der Waals surface area contributed by atoms with Crippen molar-refractivity contribution in [1.29, 1.82) is 0 Å². The van der Waals surface area contributed by atoms with E-state index >= 15 is 0 Å². The Morgan fingerprint density at radius 1 is 1.20 bits per heavy atom. The highest BCUT2D eigenvalue weighted by atomic mass is 32.2. The normalized spacial score (nSPS) is 12.7. The molecular weight excluding hydrogens is 274 g/mol. The van der Waals surface area contributed by atoms with Gasteiger partial charge in [-0.15, -0.1) is 0 Å². The summed E-state index contributed by atoms with van der Waals surface area (Å²) in [6, 6.07) is 7.83. The smallest absolute Gasteiger partial charge is 0.153 e. The van der Waals surface area contributed by atoms with Crippen molar-refractivity contribution in [2.75, 3.05) is 12.8 Å². The molecule has 0 heterocycles. The molecule has 1 rings (SSSR count).